The molecule has 0 aliphatic carbocycles. The molecule has 1 unspecified atom stereocenters. The monoisotopic (exact) mass is 178 g/mol. The van der Waals surface area contributed by atoms with E-state index in [9.17, 15) is 4.79 Å². The van der Waals surface area contributed by atoms with Gasteiger partial charge in [0.15, 0.2) is 0 Å². The first-order chi connectivity index (χ1) is 6.29. The third-order valence-electron chi connectivity index (χ3n) is 2.63. The van der Waals surface area contributed by atoms with Crippen LogP contribution in [0.5, 0.6) is 0 Å². The van der Waals surface area contributed by atoms with Crippen molar-refractivity contribution in [2.75, 3.05) is 13.1 Å². The highest BCUT2D eigenvalue weighted by Crippen LogP contribution is 2.19. The molecule has 3 heteroatoms. The van der Waals surface area contributed by atoms with Gasteiger partial charge in [-0.3, -0.25) is 4.79 Å². The summed E-state index contributed by atoms with van der Waals surface area (Å²) in [5, 5.41) is 3.25. The number of aryl methyl sites for hydroxylation is 1. The van der Waals surface area contributed by atoms with Gasteiger partial charge >= 0.3 is 0 Å². The molecule has 0 amide bonds. The second-order valence-corrected chi connectivity index (χ2v) is 3.52. The molecule has 0 bridgehead atoms. The number of aromatic nitrogens is 1. The Kier molecular flexibility index (Phi) is 2.19. The predicted molar refractivity (Wildman–Crippen MR) is 50.6 cm³/mol. The summed E-state index contributed by atoms with van der Waals surface area (Å²) in [5.74, 6) is 0.425. The third kappa shape index (κ3) is 1.52. The highest BCUT2D eigenvalue weighted by atomic mass is 16.1. The van der Waals surface area contributed by atoms with Crippen LogP contribution in [0.3, 0.4) is 0 Å². The molecule has 0 radical (unpaired) electrons. The van der Waals surface area contributed by atoms with Gasteiger partial charge in [-0.2, -0.15) is 0 Å². The highest BCUT2D eigenvalue weighted by Gasteiger charge is 2.24. The molecule has 1 aliphatic rings. The summed E-state index contributed by atoms with van der Waals surface area (Å²) in [4.78, 5) is 11.6. The van der Waals surface area contributed by atoms with E-state index in [-0.39, 0.29) is 5.92 Å². The van der Waals surface area contributed by atoms with Gasteiger partial charge in [-0.25, -0.2) is 0 Å². The number of hydrogen-bond acceptors (Lipinski definition) is 2. The van der Waals surface area contributed by atoms with E-state index in [0.29, 0.717) is 12.2 Å². The molecule has 70 valence electrons. The fraction of sp³-hybridized carbons (Fsp3) is 0.500. The van der Waals surface area contributed by atoms with Gasteiger partial charge in [-0.15, -0.1) is 0 Å². The van der Waals surface area contributed by atoms with E-state index >= 15 is 0 Å². The van der Waals surface area contributed by atoms with E-state index in [2.05, 4.69) is 5.32 Å². The maximum absolute atomic E-state index is 11.6. The first-order valence-electron chi connectivity index (χ1n) is 4.63. The SMILES string of the molecule is Cn1cccc1C1CNCCC1=O. The van der Waals surface area contributed by atoms with Gasteiger partial charge in [0.1, 0.15) is 5.78 Å². The zero-order valence-corrected chi connectivity index (χ0v) is 7.79. The number of carbonyl (C=O) groups excluding carboxylic acids is 1. The Bertz CT molecular complexity index is 316. The van der Waals surface area contributed by atoms with Crippen LogP contribution in [0, 0.1) is 0 Å². The van der Waals surface area contributed by atoms with E-state index < -0.39 is 0 Å². The average molecular weight is 178 g/mol. The lowest BCUT2D eigenvalue weighted by Crippen LogP contribution is -2.36. The van der Waals surface area contributed by atoms with E-state index in [1.165, 1.54) is 0 Å². The van der Waals surface area contributed by atoms with Gasteiger partial charge in [0.2, 0.25) is 0 Å². The standard InChI is InChI=1S/C10H14N2O/c1-12-6-2-3-9(12)8-7-11-5-4-10(8)13/h2-3,6,8,11H,4-5,7H2,1H3. The van der Waals surface area contributed by atoms with Crippen molar-refractivity contribution in [3.63, 3.8) is 0 Å². The summed E-state index contributed by atoms with van der Waals surface area (Å²) in [7, 11) is 1.98. The summed E-state index contributed by atoms with van der Waals surface area (Å²) in [6, 6.07) is 4.01. The van der Waals surface area contributed by atoms with Crippen molar-refractivity contribution in [2.24, 2.45) is 7.05 Å². The molecular weight excluding hydrogens is 164 g/mol. The number of hydrogen-bond donors (Lipinski definition) is 1. The maximum atomic E-state index is 11.6. The maximum Gasteiger partial charge on any atom is 0.144 e. The van der Waals surface area contributed by atoms with Crippen LogP contribution in [0.1, 0.15) is 18.0 Å². The molecule has 13 heavy (non-hydrogen) atoms. The normalized spacial score (nSPS) is 23.5. The molecule has 0 spiro atoms. The van der Waals surface area contributed by atoms with Gasteiger partial charge < -0.3 is 9.88 Å². The summed E-state index contributed by atoms with van der Waals surface area (Å²) in [6.07, 6.45) is 2.65. The van der Waals surface area contributed by atoms with Crippen molar-refractivity contribution < 1.29 is 4.79 Å². The Labute approximate surface area is 77.7 Å². The predicted octanol–water partition coefficient (Wildman–Crippen LogP) is 0.671. The summed E-state index contributed by atoms with van der Waals surface area (Å²) in [6.45, 7) is 1.62. The minimum atomic E-state index is 0.0637. The Morgan fingerprint density at radius 3 is 3.08 bits per heavy atom. The molecule has 1 fully saturated rings. The largest absolute Gasteiger partial charge is 0.354 e. The lowest BCUT2D eigenvalue weighted by molar-refractivity contribution is -0.121. The van der Waals surface area contributed by atoms with Crippen molar-refractivity contribution in [1.82, 2.24) is 9.88 Å². The topological polar surface area (TPSA) is 34.0 Å². The number of ketones is 1. The second-order valence-electron chi connectivity index (χ2n) is 3.52. The molecule has 2 heterocycles. The molecule has 1 atom stereocenters. The van der Waals surface area contributed by atoms with Crippen LogP contribution >= 0.6 is 0 Å². The van der Waals surface area contributed by atoms with Crippen LogP contribution in [-0.4, -0.2) is 23.4 Å². The van der Waals surface area contributed by atoms with Crippen LogP contribution in [-0.2, 0) is 11.8 Å². The van der Waals surface area contributed by atoms with E-state index in [1.54, 1.807) is 0 Å². The van der Waals surface area contributed by atoms with Crippen molar-refractivity contribution in [3.8, 4) is 0 Å². The molecule has 0 aromatic carbocycles. The van der Waals surface area contributed by atoms with Gasteiger partial charge in [0.25, 0.3) is 0 Å². The van der Waals surface area contributed by atoms with Crippen molar-refractivity contribution in [1.29, 1.82) is 0 Å². The molecular formula is C10H14N2O. The fourth-order valence-electron chi connectivity index (χ4n) is 1.85. The minimum Gasteiger partial charge on any atom is -0.354 e. The quantitative estimate of drug-likeness (QED) is 0.686. The Morgan fingerprint density at radius 2 is 2.46 bits per heavy atom. The minimum absolute atomic E-state index is 0.0637. The van der Waals surface area contributed by atoms with Crippen LogP contribution < -0.4 is 5.32 Å². The van der Waals surface area contributed by atoms with Gasteiger partial charge in [0, 0.05) is 38.4 Å². The van der Waals surface area contributed by atoms with Gasteiger partial charge in [0.05, 0.1) is 5.92 Å². The van der Waals surface area contributed by atoms with E-state index in [4.69, 9.17) is 0 Å². The molecule has 1 N–H and O–H groups in total. The Morgan fingerprint density at radius 1 is 1.62 bits per heavy atom. The fourth-order valence-corrected chi connectivity index (χ4v) is 1.85. The van der Waals surface area contributed by atoms with Crippen LogP contribution in [0.15, 0.2) is 18.3 Å². The van der Waals surface area contributed by atoms with Crippen LogP contribution in [0.2, 0.25) is 0 Å². The molecule has 2 rings (SSSR count). The number of carbonyl (C=O) groups is 1. The van der Waals surface area contributed by atoms with Crippen molar-refractivity contribution >= 4 is 5.78 Å². The first kappa shape index (κ1) is 8.51. The molecule has 1 aliphatic heterocycles. The highest BCUT2D eigenvalue weighted by molar-refractivity contribution is 5.86. The first-order valence-corrected chi connectivity index (χ1v) is 4.63. The molecule has 3 nitrogen and oxygen atoms in total. The summed E-state index contributed by atoms with van der Waals surface area (Å²) < 4.78 is 2.02. The molecule has 1 saturated heterocycles. The Hall–Kier alpha value is -1.09. The third-order valence-corrected chi connectivity index (χ3v) is 2.63. The smallest absolute Gasteiger partial charge is 0.144 e. The molecule has 0 saturated carbocycles. The Balaban J connectivity index is 2.24. The van der Waals surface area contributed by atoms with Crippen molar-refractivity contribution in [2.45, 2.75) is 12.3 Å². The summed E-state index contributed by atoms with van der Waals surface area (Å²) >= 11 is 0. The van der Waals surface area contributed by atoms with Gasteiger partial charge in [-0.05, 0) is 12.1 Å². The van der Waals surface area contributed by atoms with Crippen LogP contribution in [0.25, 0.3) is 0 Å². The number of nitrogens with zero attached hydrogens (tertiary/aromatic N) is 1. The zero-order valence-electron chi connectivity index (χ0n) is 7.79. The lowest BCUT2D eigenvalue weighted by Gasteiger charge is -2.22. The van der Waals surface area contributed by atoms with E-state index in [0.717, 1.165) is 18.8 Å². The average Bonchev–Trinajstić information content (AvgIpc) is 2.52. The number of nitrogens with one attached hydrogen (secondary N) is 1. The number of Topliss-reactive ketones (excluding diaryl/α,β-unsaturated/α-hetero) is 1. The molecule has 1 aromatic rings. The second kappa shape index (κ2) is 3.34. The summed E-state index contributed by atoms with van der Waals surface area (Å²) in [5.41, 5.74) is 1.12. The zero-order chi connectivity index (χ0) is 9.26. The van der Waals surface area contributed by atoms with Crippen LogP contribution in [0.4, 0.5) is 0 Å². The van der Waals surface area contributed by atoms with Crippen molar-refractivity contribution in [3.05, 3.63) is 24.0 Å². The lowest BCUT2D eigenvalue weighted by atomic mass is 9.95. The van der Waals surface area contributed by atoms with Gasteiger partial charge in [-0.1, -0.05) is 0 Å². The molecule has 1 aromatic heterocycles. The van der Waals surface area contributed by atoms with E-state index in [1.807, 2.05) is 29.9 Å². The number of rotatable bonds is 1. The number of piperidine rings is 1.